The van der Waals surface area contributed by atoms with Gasteiger partial charge in [0.05, 0.1) is 11.1 Å². The number of benzene rings is 1. The highest BCUT2D eigenvalue weighted by Gasteiger charge is 2.37. The van der Waals surface area contributed by atoms with Crippen molar-refractivity contribution in [3.05, 3.63) is 34.9 Å². The van der Waals surface area contributed by atoms with Gasteiger partial charge in [-0.2, -0.15) is 26.3 Å². The molecule has 3 N–H and O–H groups in total. The number of nitrogens with one attached hydrogen (secondary N) is 1. The molecule has 1 atom stereocenters. The first kappa shape index (κ1) is 20.8. The van der Waals surface area contributed by atoms with Crippen molar-refractivity contribution in [2.45, 2.75) is 38.7 Å². The number of halogens is 6. The fraction of sp³-hybridized carbons (Fsp3) is 0.467. The first-order chi connectivity index (χ1) is 11.2. The first-order valence-electron chi connectivity index (χ1n) is 7.11. The van der Waals surface area contributed by atoms with Gasteiger partial charge >= 0.3 is 12.4 Å². The monoisotopic (exact) mass is 370 g/mol. The van der Waals surface area contributed by atoms with Crippen molar-refractivity contribution in [3.63, 3.8) is 0 Å². The lowest BCUT2D eigenvalue weighted by atomic mass is 10.0. The maximum atomic E-state index is 12.8. The standard InChI is InChI=1S/C15H16F6N2O2/c1-7(2)3-11(12(22)24)23-13(25)8-4-9(14(16,17)18)6-10(5-8)15(19,20)21/h4-7,11H,3H2,1-2H3,(H2,22,24)(H,23,25)/t11-/m1/s1. The van der Waals surface area contributed by atoms with Crippen LogP contribution in [-0.4, -0.2) is 17.9 Å². The molecule has 0 aliphatic carbocycles. The molecule has 0 spiro atoms. The van der Waals surface area contributed by atoms with Gasteiger partial charge in [-0.25, -0.2) is 0 Å². The topological polar surface area (TPSA) is 72.2 Å². The number of carbonyl (C=O) groups is 2. The van der Waals surface area contributed by atoms with Crippen LogP contribution in [0.5, 0.6) is 0 Å². The maximum Gasteiger partial charge on any atom is 0.416 e. The van der Waals surface area contributed by atoms with Gasteiger partial charge in [0.1, 0.15) is 6.04 Å². The van der Waals surface area contributed by atoms with Gasteiger partial charge in [0.2, 0.25) is 5.91 Å². The Morgan fingerprint density at radius 3 is 1.76 bits per heavy atom. The van der Waals surface area contributed by atoms with Crippen LogP contribution in [-0.2, 0) is 17.1 Å². The van der Waals surface area contributed by atoms with E-state index in [0.29, 0.717) is 0 Å². The third-order valence-electron chi connectivity index (χ3n) is 3.21. The molecule has 0 aromatic heterocycles. The van der Waals surface area contributed by atoms with Gasteiger partial charge in [0, 0.05) is 5.56 Å². The van der Waals surface area contributed by atoms with Gasteiger partial charge in [-0.1, -0.05) is 13.8 Å². The summed E-state index contributed by atoms with van der Waals surface area (Å²) in [7, 11) is 0. The number of hydrogen-bond donors (Lipinski definition) is 2. The van der Waals surface area contributed by atoms with Crippen LogP contribution < -0.4 is 11.1 Å². The summed E-state index contributed by atoms with van der Waals surface area (Å²) in [6, 6.07) is -0.719. The van der Waals surface area contributed by atoms with Crippen molar-refractivity contribution >= 4 is 11.8 Å². The normalized spacial score (nSPS) is 13.6. The van der Waals surface area contributed by atoms with Crippen LogP contribution >= 0.6 is 0 Å². The minimum atomic E-state index is -5.07. The molecule has 10 heteroatoms. The number of carbonyl (C=O) groups excluding carboxylic acids is 2. The van der Waals surface area contributed by atoms with Gasteiger partial charge in [0.15, 0.2) is 0 Å². The molecule has 0 heterocycles. The Morgan fingerprint density at radius 2 is 1.44 bits per heavy atom. The average Bonchev–Trinajstić information content (AvgIpc) is 2.43. The van der Waals surface area contributed by atoms with Crippen LogP contribution in [0.3, 0.4) is 0 Å². The molecule has 4 nitrogen and oxygen atoms in total. The van der Waals surface area contributed by atoms with Crippen LogP contribution in [0.2, 0.25) is 0 Å². The van der Waals surface area contributed by atoms with Crippen molar-refractivity contribution < 1.29 is 35.9 Å². The van der Waals surface area contributed by atoms with Crippen LogP contribution in [0.4, 0.5) is 26.3 Å². The molecule has 25 heavy (non-hydrogen) atoms. The molecular formula is C15H16F6N2O2. The number of hydrogen-bond acceptors (Lipinski definition) is 2. The van der Waals surface area contributed by atoms with E-state index in [1.165, 1.54) is 0 Å². The molecule has 0 saturated heterocycles. The second kappa shape index (κ2) is 7.32. The molecule has 0 saturated carbocycles. The van der Waals surface area contributed by atoms with Gasteiger partial charge in [-0.05, 0) is 30.5 Å². The second-order valence-electron chi connectivity index (χ2n) is 5.85. The summed E-state index contributed by atoms with van der Waals surface area (Å²) < 4.78 is 76.7. The fourth-order valence-corrected chi connectivity index (χ4v) is 2.05. The lowest BCUT2D eigenvalue weighted by Gasteiger charge is -2.19. The third-order valence-corrected chi connectivity index (χ3v) is 3.21. The quantitative estimate of drug-likeness (QED) is 0.781. The van der Waals surface area contributed by atoms with E-state index in [2.05, 4.69) is 5.32 Å². The Morgan fingerprint density at radius 1 is 1.00 bits per heavy atom. The highest BCUT2D eigenvalue weighted by molar-refractivity contribution is 5.97. The molecule has 0 fully saturated rings. The van der Waals surface area contributed by atoms with Crippen LogP contribution in [0, 0.1) is 5.92 Å². The number of rotatable bonds is 5. The number of nitrogens with two attached hydrogens (primary N) is 1. The molecule has 0 aliphatic rings. The molecule has 1 aromatic carbocycles. The average molecular weight is 370 g/mol. The highest BCUT2D eigenvalue weighted by Crippen LogP contribution is 2.36. The summed E-state index contributed by atoms with van der Waals surface area (Å²) in [5.41, 5.74) is 0.995. The summed E-state index contributed by atoms with van der Waals surface area (Å²) in [4.78, 5) is 23.3. The molecular weight excluding hydrogens is 354 g/mol. The van der Waals surface area contributed by atoms with Crippen molar-refractivity contribution in [1.82, 2.24) is 5.32 Å². The summed E-state index contributed by atoms with van der Waals surface area (Å²) in [6.45, 7) is 3.41. The Kier molecular flexibility index (Phi) is 6.09. The van der Waals surface area contributed by atoms with E-state index >= 15 is 0 Å². The maximum absolute atomic E-state index is 12.8. The van der Waals surface area contributed by atoms with E-state index in [4.69, 9.17) is 5.73 Å². The van der Waals surface area contributed by atoms with E-state index in [9.17, 15) is 35.9 Å². The molecule has 1 aromatic rings. The Bertz CT molecular complexity index is 620. The molecule has 0 bridgehead atoms. The van der Waals surface area contributed by atoms with E-state index in [1.807, 2.05) is 0 Å². The van der Waals surface area contributed by atoms with E-state index in [0.717, 1.165) is 0 Å². The smallest absolute Gasteiger partial charge is 0.368 e. The minimum absolute atomic E-state index is 0.0868. The molecule has 2 amide bonds. The van der Waals surface area contributed by atoms with Gasteiger partial charge in [-0.3, -0.25) is 9.59 Å². The van der Waals surface area contributed by atoms with E-state index < -0.39 is 46.9 Å². The summed E-state index contributed by atoms with van der Waals surface area (Å²) in [5, 5.41) is 2.07. The lowest BCUT2D eigenvalue weighted by Crippen LogP contribution is -2.45. The van der Waals surface area contributed by atoms with E-state index in [1.54, 1.807) is 13.8 Å². The predicted molar refractivity (Wildman–Crippen MR) is 76.3 cm³/mol. The van der Waals surface area contributed by atoms with Crippen molar-refractivity contribution in [1.29, 1.82) is 0 Å². The largest absolute Gasteiger partial charge is 0.416 e. The minimum Gasteiger partial charge on any atom is -0.368 e. The van der Waals surface area contributed by atoms with Gasteiger partial charge < -0.3 is 11.1 Å². The summed E-state index contributed by atoms with van der Waals surface area (Å²) in [5.74, 6) is -2.28. The first-order valence-corrected chi connectivity index (χ1v) is 7.11. The molecule has 0 radical (unpaired) electrons. The lowest BCUT2D eigenvalue weighted by molar-refractivity contribution is -0.143. The molecule has 1 rings (SSSR count). The third kappa shape index (κ3) is 5.95. The highest BCUT2D eigenvalue weighted by atomic mass is 19.4. The van der Waals surface area contributed by atoms with Gasteiger partial charge in [0.25, 0.3) is 5.91 Å². The van der Waals surface area contributed by atoms with Crippen LogP contribution in [0.25, 0.3) is 0 Å². The fourth-order valence-electron chi connectivity index (χ4n) is 2.05. The summed E-state index contributed by atoms with van der Waals surface area (Å²) in [6.07, 6.45) is -10.1. The molecule has 0 aliphatic heterocycles. The van der Waals surface area contributed by atoms with Gasteiger partial charge in [-0.15, -0.1) is 0 Å². The Hall–Kier alpha value is -2.26. The summed E-state index contributed by atoms with van der Waals surface area (Å²) >= 11 is 0. The zero-order valence-electron chi connectivity index (χ0n) is 13.3. The SMILES string of the molecule is CC(C)C[C@@H](NC(=O)c1cc(C(F)(F)F)cc(C(F)(F)F)c1)C(N)=O. The van der Waals surface area contributed by atoms with Crippen molar-refractivity contribution in [3.8, 4) is 0 Å². The van der Waals surface area contributed by atoms with Crippen molar-refractivity contribution in [2.24, 2.45) is 11.7 Å². The number of amides is 2. The number of primary amides is 1. The molecule has 140 valence electrons. The van der Waals surface area contributed by atoms with Crippen LogP contribution in [0.1, 0.15) is 41.8 Å². The predicted octanol–water partition coefficient (Wildman–Crippen LogP) is 3.35. The zero-order valence-corrected chi connectivity index (χ0v) is 13.3. The Labute approximate surface area is 139 Å². The second-order valence-corrected chi connectivity index (χ2v) is 5.85. The number of alkyl halides is 6. The molecule has 0 unspecified atom stereocenters. The Balaban J connectivity index is 3.26. The van der Waals surface area contributed by atoms with Crippen LogP contribution in [0.15, 0.2) is 18.2 Å². The zero-order chi connectivity index (χ0) is 19.6. The van der Waals surface area contributed by atoms with Crippen molar-refractivity contribution in [2.75, 3.05) is 0 Å². The van der Waals surface area contributed by atoms with E-state index in [-0.39, 0.29) is 30.5 Å².